The van der Waals surface area contributed by atoms with Crippen LogP contribution in [0.5, 0.6) is 0 Å². The summed E-state index contributed by atoms with van der Waals surface area (Å²) >= 11 is 6.52. The Labute approximate surface area is 599 Å². The molecule has 5 N–H and O–H groups in total. The first-order valence-corrected chi connectivity index (χ1v) is 35.9. The van der Waals surface area contributed by atoms with Gasteiger partial charge in [0.1, 0.15) is 54.4 Å². The molecule has 0 radical (unpaired) electrons. The minimum atomic E-state index is -1.64. The van der Waals surface area contributed by atoms with Crippen molar-refractivity contribution in [2.45, 2.75) is 219 Å². The summed E-state index contributed by atoms with van der Waals surface area (Å²) in [7, 11) is 8.67. The fourth-order valence-electron chi connectivity index (χ4n) is 13.4. The third-order valence-corrected chi connectivity index (χ3v) is 19.6. The Morgan fingerprint density at radius 2 is 1.12 bits per heavy atom. The van der Waals surface area contributed by atoms with Gasteiger partial charge >= 0.3 is 0 Å². The SMILES string of the molecule is C=C(C1CC(=C)N2CCC[C@H]2C(=O)N(C)[C@@H](Cc2cccc(Cl)c2)C(=O)N[C@@H](C(C)C)C(=O)N(C)[C@@H](C(C)C)C(=O)N[C@@H]([C@@H](C)O)C(=O)N(C)CC(=O)N(C)C(CC(C)C)C(=O)N[C@@H](COC(C)(C)C)C(=O)N(C)C(Cc2ccccc2)C(=O)N(C)[C@@H](CC(C)C)C(=O)N1)N1CCCCC1. The van der Waals surface area contributed by atoms with Gasteiger partial charge in [-0.05, 0) is 120 Å². The Bertz CT molecular complexity index is 3190. The normalized spacial score (nSPS) is 25.8. The van der Waals surface area contributed by atoms with Gasteiger partial charge < -0.3 is 70.3 Å². The number of hydrogen-bond donors (Lipinski definition) is 5. The molecule has 3 fully saturated rings. The highest BCUT2D eigenvalue weighted by Crippen LogP contribution is 2.30. The zero-order valence-corrected chi connectivity index (χ0v) is 63.5. The lowest BCUT2D eigenvalue weighted by Gasteiger charge is -2.40. The van der Waals surface area contributed by atoms with Gasteiger partial charge in [0.2, 0.25) is 59.1 Å². The molecule has 0 spiro atoms. The molecular formula is C75H117ClN12O12. The van der Waals surface area contributed by atoms with E-state index in [1.165, 1.54) is 59.6 Å². The molecular weight excluding hydrogens is 1300 g/mol. The van der Waals surface area contributed by atoms with E-state index in [1.807, 2.05) is 62.9 Å². The van der Waals surface area contributed by atoms with Gasteiger partial charge in [-0.1, -0.05) is 123 Å². The van der Waals surface area contributed by atoms with Gasteiger partial charge in [-0.2, -0.15) is 0 Å². The lowest BCUT2D eigenvalue weighted by Crippen LogP contribution is -2.62. The van der Waals surface area contributed by atoms with Crippen molar-refractivity contribution in [2.75, 3.05) is 75.1 Å². The summed E-state index contributed by atoms with van der Waals surface area (Å²) in [4.78, 5) is 162. The number of hydrogen-bond acceptors (Lipinski definition) is 14. The largest absolute Gasteiger partial charge is 0.391 e. The Hall–Kier alpha value is -7.57. The van der Waals surface area contributed by atoms with Crippen molar-refractivity contribution < 1.29 is 57.8 Å². The molecule has 25 heteroatoms. The molecule has 100 heavy (non-hydrogen) atoms. The third kappa shape index (κ3) is 22.7. The van der Waals surface area contributed by atoms with Crippen LogP contribution in [0.4, 0.5) is 0 Å². The van der Waals surface area contributed by atoms with Crippen LogP contribution in [0, 0.1) is 23.7 Å². The van der Waals surface area contributed by atoms with Crippen LogP contribution in [0.15, 0.2) is 79.1 Å². The van der Waals surface area contributed by atoms with Crippen LogP contribution in [0.25, 0.3) is 0 Å². The number of benzene rings is 2. The van der Waals surface area contributed by atoms with E-state index in [0.717, 1.165) is 24.2 Å². The van der Waals surface area contributed by atoms with Crippen molar-refractivity contribution in [1.29, 1.82) is 0 Å². The van der Waals surface area contributed by atoms with E-state index in [-0.39, 0.29) is 50.5 Å². The van der Waals surface area contributed by atoms with E-state index in [0.29, 0.717) is 60.0 Å². The fourth-order valence-corrected chi connectivity index (χ4v) is 13.6. The summed E-state index contributed by atoms with van der Waals surface area (Å²) < 4.78 is 6.24. The molecule has 3 aliphatic rings. The summed E-state index contributed by atoms with van der Waals surface area (Å²) in [5.41, 5.74) is 1.65. The number of halogens is 1. The van der Waals surface area contributed by atoms with E-state index in [1.54, 1.807) is 86.8 Å². The maximum Gasteiger partial charge on any atom is 0.248 e. The smallest absolute Gasteiger partial charge is 0.248 e. The van der Waals surface area contributed by atoms with Crippen molar-refractivity contribution in [3.05, 3.63) is 95.3 Å². The van der Waals surface area contributed by atoms with Gasteiger partial charge in [0.05, 0.1) is 30.9 Å². The van der Waals surface area contributed by atoms with Crippen molar-refractivity contribution in [3.8, 4) is 0 Å². The molecule has 5 rings (SSSR count). The van der Waals surface area contributed by atoms with Gasteiger partial charge in [-0.15, -0.1) is 0 Å². The summed E-state index contributed by atoms with van der Waals surface area (Å²) in [6.07, 6.45) is 2.65. The van der Waals surface area contributed by atoms with E-state index in [2.05, 4.69) is 39.3 Å². The lowest BCUT2D eigenvalue weighted by atomic mass is 9.96. The monoisotopic (exact) mass is 1410 g/mol. The highest BCUT2D eigenvalue weighted by molar-refractivity contribution is 6.30. The van der Waals surface area contributed by atoms with Crippen LogP contribution in [0.2, 0.25) is 5.02 Å². The summed E-state index contributed by atoms with van der Waals surface area (Å²) in [6.45, 7) is 31.1. The van der Waals surface area contributed by atoms with Gasteiger partial charge in [0.15, 0.2) is 0 Å². The predicted molar refractivity (Wildman–Crippen MR) is 387 cm³/mol. The van der Waals surface area contributed by atoms with Crippen LogP contribution in [-0.4, -0.2) is 251 Å². The van der Waals surface area contributed by atoms with E-state index >= 15 is 24.0 Å². The number of rotatable bonds is 15. The summed E-state index contributed by atoms with van der Waals surface area (Å²) in [5, 5.41) is 23.4. The van der Waals surface area contributed by atoms with Gasteiger partial charge in [-0.25, -0.2) is 0 Å². The molecule has 11 atom stereocenters. The molecule has 0 aromatic heterocycles. The number of aliphatic hydroxyl groups excluding tert-OH is 1. The van der Waals surface area contributed by atoms with E-state index in [4.69, 9.17) is 16.3 Å². The van der Waals surface area contributed by atoms with Crippen LogP contribution in [0.3, 0.4) is 0 Å². The molecule has 2 aromatic rings. The van der Waals surface area contributed by atoms with Gasteiger partial charge in [0.25, 0.3) is 0 Å². The molecule has 0 saturated carbocycles. The summed E-state index contributed by atoms with van der Waals surface area (Å²) in [5.74, 6) is -8.13. The number of fused-ring (bicyclic) bond motifs is 1. The van der Waals surface area contributed by atoms with Gasteiger partial charge in [0, 0.05) is 97.6 Å². The average molecular weight is 1410 g/mol. The molecule has 556 valence electrons. The number of piperidine rings is 1. The molecule has 0 bridgehead atoms. The highest BCUT2D eigenvalue weighted by Gasteiger charge is 2.45. The number of aliphatic hydroxyl groups is 1. The topological polar surface area (TPSA) is 274 Å². The second-order valence-corrected chi connectivity index (χ2v) is 30.6. The molecule has 0 aliphatic carbocycles. The lowest BCUT2D eigenvalue weighted by molar-refractivity contribution is -0.151. The number of nitrogens with zero attached hydrogens (tertiary/aromatic N) is 8. The first-order valence-electron chi connectivity index (χ1n) is 35.5. The Morgan fingerprint density at radius 3 is 1.68 bits per heavy atom. The summed E-state index contributed by atoms with van der Waals surface area (Å²) in [6, 6.07) is 4.00. The number of carbonyl (C=O) groups excluding carboxylic acids is 10. The molecule has 3 heterocycles. The molecule has 2 aromatic carbocycles. The van der Waals surface area contributed by atoms with Crippen molar-refractivity contribution in [3.63, 3.8) is 0 Å². The second kappa shape index (κ2) is 37.4. The minimum Gasteiger partial charge on any atom is -0.391 e. The number of carbonyl (C=O) groups is 10. The first kappa shape index (κ1) is 83.1. The van der Waals surface area contributed by atoms with Crippen molar-refractivity contribution in [2.24, 2.45) is 23.7 Å². The Balaban J connectivity index is 1.70. The second-order valence-electron chi connectivity index (χ2n) is 30.2. The van der Waals surface area contributed by atoms with E-state index in [9.17, 15) is 29.1 Å². The Kier molecular flexibility index (Phi) is 31.1. The molecule has 10 amide bonds. The Morgan fingerprint density at radius 1 is 0.580 bits per heavy atom. The quantitative estimate of drug-likeness (QED) is 0.144. The van der Waals surface area contributed by atoms with Crippen molar-refractivity contribution >= 4 is 70.7 Å². The van der Waals surface area contributed by atoms with Crippen LogP contribution >= 0.6 is 11.6 Å². The highest BCUT2D eigenvalue weighted by atomic mass is 35.5. The third-order valence-electron chi connectivity index (χ3n) is 19.3. The zero-order valence-electron chi connectivity index (χ0n) is 62.8. The number of amides is 10. The molecule has 3 aliphatic heterocycles. The number of likely N-dealkylation sites (N-methyl/N-ethyl adjacent to an activating group) is 6. The number of ether oxygens (including phenoxy) is 1. The predicted octanol–water partition coefficient (Wildman–Crippen LogP) is 5.64. The number of nitrogens with one attached hydrogen (secondary N) is 4. The standard InChI is InChI=1S/C75H117ClN12O12/c1-45(2)37-58-66(91)78-56(44-100-75(12,13)14)70(95)85(19)61(41-52-29-23-21-24-30-52)72(97)83(17)59(38-46(3)4)67(92)77-55(50(10)87-34-25-22-26-35-87)39-49(9)88-36-28-33-57(88)71(96)84(18)60(42-53-31-27-32-54(76)40-53)68(93)79-63(47(5)6)74(99)86(20)65(48(7)8)69(94)80-64(51(11)89)73(98)81(15)43-62(90)82(58)16/h21,23-24,27,29-32,40,45-48,51,55-61,63-65,89H,9-10,22,25-26,28,33-39,41-44H2,1-8,11-20H3,(H,77,92)(H,78,91)(H,79,93)(H,80,94)/t51-,55?,56+,57+,58?,59+,60+,61?,63+,64+,65+/m1/s1. The molecule has 3 unspecified atom stereocenters. The maximum absolute atomic E-state index is 15.7. The van der Waals surface area contributed by atoms with Crippen LogP contribution in [-0.2, 0) is 65.5 Å². The van der Waals surface area contributed by atoms with Crippen LogP contribution in [0.1, 0.15) is 146 Å². The first-order chi connectivity index (χ1) is 46.8. The average Bonchev–Trinajstić information content (AvgIpc) is 1.25. The maximum atomic E-state index is 15.7. The minimum absolute atomic E-state index is 0.000753. The van der Waals surface area contributed by atoms with Gasteiger partial charge in [-0.3, -0.25) is 47.9 Å². The van der Waals surface area contributed by atoms with E-state index < -0.39 is 150 Å². The van der Waals surface area contributed by atoms with Crippen molar-refractivity contribution in [1.82, 2.24) is 60.5 Å². The number of likely N-dealkylation sites (tertiary alicyclic amines) is 1. The van der Waals surface area contributed by atoms with Crippen LogP contribution < -0.4 is 21.3 Å². The molecule has 3 saturated heterocycles. The molecule has 24 nitrogen and oxygen atoms in total. The fraction of sp³-hybridized carbons (Fsp3) is 0.653. The zero-order chi connectivity index (χ0) is 74.9.